The molecule has 2 rings (SSSR count). The van der Waals surface area contributed by atoms with Crippen molar-refractivity contribution in [3.8, 4) is 0 Å². The van der Waals surface area contributed by atoms with Gasteiger partial charge in [0.1, 0.15) is 23.1 Å². The van der Waals surface area contributed by atoms with Gasteiger partial charge in [-0.2, -0.15) is 0 Å². The van der Waals surface area contributed by atoms with E-state index in [2.05, 4.69) is 60.7 Å². The summed E-state index contributed by atoms with van der Waals surface area (Å²) in [5, 5.41) is 0. The zero-order chi connectivity index (χ0) is 20.7. The molecule has 0 spiro atoms. The molecule has 0 atom stereocenters. The van der Waals surface area contributed by atoms with Gasteiger partial charge < -0.3 is 0 Å². The van der Waals surface area contributed by atoms with Crippen LogP contribution in [0.25, 0.3) is 0 Å². The first-order valence-corrected chi connectivity index (χ1v) is 11.4. The number of ketones is 4. The van der Waals surface area contributed by atoms with E-state index in [1.807, 2.05) is 0 Å². The normalized spacial score (nSPS) is 9.04. The van der Waals surface area contributed by atoms with E-state index in [1.165, 1.54) is 34.9 Å². The molecule has 0 unspecified atom stereocenters. The van der Waals surface area contributed by atoms with Crippen molar-refractivity contribution in [3.05, 3.63) is 60.7 Å². The summed E-state index contributed by atoms with van der Waals surface area (Å²) in [6, 6.07) is 21.6. The SMILES string of the molecule is CC(=O)CC(C)=O.CC(=O)CC(C)=O.c1cc[c]([Sn][c]2ccccc2)cc1. The fraction of sp³-hybridized carbons (Fsp3) is 0.273. The van der Waals surface area contributed by atoms with Gasteiger partial charge in [-0.25, -0.2) is 0 Å². The molecule has 2 aromatic carbocycles. The maximum atomic E-state index is 10.0. The average molecular weight is 473 g/mol. The van der Waals surface area contributed by atoms with Crippen LogP contribution in [0.2, 0.25) is 0 Å². The molecular formula is C22H26O4Sn. The van der Waals surface area contributed by atoms with Crippen LogP contribution in [0.5, 0.6) is 0 Å². The molecule has 2 radical (unpaired) electrons. The monoisotopic (exact) mass is 474 g/mol. The van der Waals surface area contributed by atoms with E-state index >= 15 is 0 Å². The molecule has 0 heterocycles. The van der Waals surface area contributed by atoms with Gasteiger partial charge in [0.05, 0.1) is 12.8 Å². The Hall–Kier alpha value is -2.08. The van der Waals surface area contributed by atoms with E-state index in [4.69, 9.17) is 0 Å². The van der Waals surface area contributed by atoms with E-state index < -0.39 is 21.1 Å². The molecule has 0 bridgehead atoms. The van der Waals surface area contributed by atoms with Gasteiger partial charge in [0, 0.05) is 0 Å². The Morgan fingerprint density at radius 1 is 0.556 bits per heavy atom. The molecule has 0 saturated carbocycles. The predicted molar refractivity (Wildman–Crippen MR) is 110 cm³/mol. The van der Waals surface area contributed by atoms with Crippen molar-refractivity contribution >= 4 is 51.4 Å². The molecule has 0 aromatic heterocycles. The van der Waals surface area contributed by atoms with Crippen LogP contribution >= 0.6 is 0 Å². The van der Waals surface area contributed by atoms with Crippen molar-refractivity contribution in [3.63, 3.8) is 0 Å². The second kappa shape index (κ2) is 15.0. The van der Waals surface area contributed by atoms with E-state index in [9.17, 15) is 19.2 Å². The van der Waals surface area contributed by atoms with Gasteiger partial charge in [-0.15, -0.1) is 0 Å². The van der Waals surface area contributed by atoms with Crippen LogP contribution in [0.3, 0.4) is 0 Å². The van der Waals surface area contributed by atoms with Crippen molar-refractivity contribution in [2.24, 2.45) is 0 Å². The summed E-state index contributed by atoms with van der Waals surface area (Å²) in [6.45, 7) is 5.62. The van der Waals surface area contributed by atoms with Crippen molar-refractivity contribution in [2.45, 2.75) is 40.5 Å². The van der Waals surface area contributed by atoms with Crippen LogP contribution in [-0.4, -0.2) is 44.3 Å². The number of carbonyl (C=O) groups is 4. The summed E-state index contributed by atoms with van der Waals surface area (Å²) in [7, 11) is 0. The summed E-state index contributed by atoms with van der Waals surface area (Å²) in [5.41, 5.74) is 0. The Kier molecular flexibility index (Phi) is 13.9. The third kappa shape index (κ3) is 17.1. The molecule has 4 nitrogen and oxygen atoms in total. The number of rotatable bonds is 6. The predicted octanol–water partition coefficient (Wildman–Crippen LogP) is 2.45. The van der Waals surface area contributed by atoms with E-state index in [0.717, 1.165) is 0 Å². The number of Topliss-reactive ketones (excluding diaryl/α,β-unsaturated/α-hetero) is 4. The van der Waals surface area contributed by atoms with Gasteiger partial charge in [-0.1, -0.05) is 0 Å². The first-order valence-electron chi connectivity index (χ1n) is 8.55. The molecule has 2 aromatic rings. The first kappa shape index (κ1) is 24.9. The topological polar surface area (TPSA) is 68.3 Å². The standard InChI is InChI=1S/2C6H5.2C5H8O2.Sn/c2*1-2-4-6-5-3-1;2*1-4(6)3-5(2)7;/h2*1-5H;2*3H2,1-2H3;. The van der Waals surface area contributed by atoms with Gasteiger partial charge >= 0.3 is 89.0 Å². The molecule has 5 heteroatoms. The second-order valence-electron chi connectivity index (χ2n) is 6.02. The molecule has 0 saturated heterocycles. The fourth-order valence-electron chi connectivity index (χ4n) is 1.91. The molecule has 0 aliphatic heterocycles. The summed E-state index contributed by atoms with van der Waals surface area (Å²) in [5.74, 6) is -0.250. The second-order valence-corrected chi connectivity index (χ2v) is 10.0. The molecule has 0 aliphatic rings. The maximum absolute atomic E-state index is 10.0. The van der Waals surface area contributed by atoms with Gasteiger partial charge in [-0.05, 0) is 27.7 Å². The fourth-order valence-corrected chi connectivity index (χ4v) is 4.91. The van der Waals surface area contributed by atoms with Crippen LogP contribution in [0, 0.1) is 0 Å². The van der Waals surface area contributed by atoms with Crippen LogP contribution in [0.1, 0.15) is 40.5 Å². The van der Waals surface area contributed by atoms with Crippen molar-refractivity contribution in [2.75, 3.05) is 0 Å². The molecule has 27 heavy (non-hydrogen) atoms. The zero-order valence-corrected chi connectivity index (χ0v) is 19.2. The Balaban J connectivity index is 0.000000416. The minimum absolute atomic E-state index is 0.0625. The zero-order valence-electron chi connectivity index (χ0n) is 16.3. The van der Waals surface area contributed by atoms with E-state index in [-0.39, 0.29) is 36.0 Å². The molecule has 142 valence electrons. The Morgan fingerprint density at radius 3 is 1.00 bits per heavy atom. The molecule has 0 fully saturated rings. The van der Waals surface area contributed by atoms with Crippen molar-refractivity contribution in [1.29, 1.82) is 0 Å². The Morgan fingerprint density at radius 2 is 0.815 bits per heavy atom. The van der Waals surface area contributed by atoms with Gasteiger partial charge in [-0.3, -0.25) is 19.2 Å². The molecule has 0 amide bonds. The van der Waals surface area contributed by atoms with Gasteiger partial charge in [0.2, 0.25) is 0 Å². The summed E-state index contributed by atoms with van der Waals surface area (Å²) < 4.78 is 3.08. The van der Waals surface area contributed by atoms with Gasteiger partial charge in [0.15, 0.2) is 0 Å². The number of hydrogen-bond acceptors (Lipinski definition) is 4. The van der Waals surface area contributed by atoms with E-state index in [1.54, 1.807) is 0 Å². The van der Waals surface area contributed by atoms with Crippen LogP contribution in [0.4, 0.5) is 0 Å². The number of carbonyl (C=O) groups excluding carboxylic acids is 4. The average Bonchev–Trinajstić information content (AvgIpc) is 2.55. The molecule has 0 N–H and O–H groups in total. The van der Waals surface area contributed by atoms with Crippen LogP contribution < -0.4 is 7.16 Å². The van der Waals surface area contributed by atoms with Crippen LogP contribution in [0.15, 0.2) is 60.7 Å². The quantitative estimate of drug-likeness (QED) is 0.478. The number of benzene rings is 2. The summed E-state index contributed by atoms with van der Waals surface area (Å²) in [4.78, 5) is 40.1. The third-order valence-electron chi connectivity index (χ3n) is 2.83. The van der Waals surface area contributed by atoms with Crippen molar-refractivity contribution < 1.29 is 19.2 Å². The molecular weight excluding hydrogens is 447 g/mol. The van der Waals surface area contributed by atoms with Crippen LogP contribution in [-0.2, 0) is 19.2 Å². The number of hydrogen-bond donors (Lipinski definition) is 0. The minimum atomic E-state index is -0.517. The van der Waals surface area contributed by atoms with Gasteiger partial charge in [0.25, 0.3) is 0 Å². The Bertz CT molecular complexity index is 637. The van der Waals surface area contributed by atoms with Crippen molar-refractivity contribution in [1.82, 2.24) is 0 Å². The first-order chi connectivity index (χ1) is 12.7. The summed E-state index contributed by atoms with van der Waals surface area (Å²) in [6.07, 6.45) is 0.167. The summed E-state index contributed by atoms with van der Waals surface area (Å²) >= 11 is -0.517. The van der Waals surface area contributed by atoms with E-state index in [0.29, 0.717) is 0 Å². The Labute approximate surface area is 171 Å². The molecule has 0 aliphatic carbocycles. The third-order valence-corrected chi connectivity index (χ3v) is 6.38.